The maximum absolute atomic E-state index is 12.0. The van der Waals surface area contributed by atoms with Crippen LogP contribution in [0.1, 0.15) is 79.1 Å². The van der Waals surface area contributed by atoms with E-state index in [1.54, 1.807) is 0 Å². The van der Waals surface area contributed by atoms with Crippen LogP contribution in [0.5, 0.6) is 0 Å². The highest BCUT2D eigenvalue weighted by Crippen LogP contribution is 2.37. The first kappa shape index (κ1) is 19.8. The second-order valence-electron chi connectivity index (χ2n) is 6.45. The third-order valence-corrected chi connectivity index (χ3v) is 5.82. The van der Waals surface area contributed by atoms with Crippen molar-refractivity contribution in [3.63, 3.8) is 0 Å². The number of unbranched alkanes of at least 4 members (excludes halogenated alkanes) is 4. The Balaban J connectivity index is 1.89. The Morgan fingerprint density at radius 2 is 1.88 bits per heavy atom. The number of nitrogens with one attached hydrogen (secondary N) is 2. The number of aryl methyl sites for hydroxylation is 1. The predicted octanol–water partition coefficient (Wildman–Crippen LogP) is 3.90. The van der Waals surface area contributed by atoms with Gasteiger partial charge < -0.3 is 16.4 Å². The van der Waals surface area contributed by atoms with Crippen molar-refractivity contribution in [2.45, 2.75) is 71.1 Å². The Labute approximate surface area is 158 Å². The number of fused-ring (bicyclic) bond motifs is 1. The van der Waals surface area contributed by atoms with Gasteiger partial charge in [0.15, 0.2) is 5.11 Å². The molecule has 0 unspecified atom stereocenters. The van der Waals surface area contributed by atoms with E-state index in [0.29, 0.717) is 17.0 Å². The summed E-state index contributed by atoms with van der Waals surface area (Å²) in [6, 6.07) is 0. The second-order valence-corrected chi connectivity index (χ2v) is 7.96. The van der Waals surface area contributed by atoms with E-state index in [4.69, 9.17) is 18.0 Å². The van der Waals surface area contributed by atoms with E-state index in [1.807, 2.05) is 0 Å². The monoisotopic (exact) mass is 381 g/mol. The lowest BCUT2D eigenvalue weighted by Crippen LogP contribution is -2.34. The lowest BCUT2D eigenvalue weighted by Gasteiger charge is -2.11. The molecule has 1 aliphatic rings. The van der Waals surface area contributed by atoms with E-state index in [9.17, 15) is 9.59 Å². The van der Waals surface area contributed by atoms with Crippen LogP contribution in [-0.2, 0) is 17.6 Å². The number of hydrogen-bond donors (Lipinski definition) is 3. The summed E-state index contributed by atoms with van der Waals surface area (Å²) in [7, 11) is 0. The Morgan fingerprint density at radius 3 is 2.60 bits per heavy atom. The van der Waals surface area contributed by atoms with Crippen LogP contribution in [0.25, 0.3) is 0 Å². The fourth-order valence-electron chi connectivity index (χ4n) is 3.13. The van der Waals surface area contributed by atoms with Gasteiger partial charge in [-0.2, -0.15) is 0 Å². The summed E-state index contributed by atoms with van der Waals surface area (Å²) in [6.45, 7) is 2.17. The molecule has 0 spiro atoms. The Morgan fingerprint density at radius 1 is 1.16 bits per heavy atom. The molecule has 5 nitrogen and oxygen atoms in total. The van der Waals surface area contributed by atoms with Crippen molar-refractivity contribution >= 4 is 45.5 Å². The summed E-state index contributed by atoms with van der Waals surface area (Å²) < 4.78 is 0. The molecule has 1 heterocycles. The van der Waals surface area contributed by atoms with Gasteiger partial charge in [-0.05, 0) is 49.9 Å². The van der Waals surface area contributed by atoms with E-state index in [-0.39, 0.29) is 11.0 Å². The molecule has 1 aromatic heterocycles. The molecule has 1 aromatic rings. The first-order valence-corrected chi connectivity index (χ1v) is 10.3. The molecular formula is C18H27N3O2S2. The number of anilines is 1. The fraction of sp³-hybridized carbons (Fsp3) is 0.611. The smallest absolute Gasteiger partial charge is 0.251 e. The van der Waals surface area contributed by atoms with E-state index in [1.165, 1.54) is 29.1 Å². The number of thiophene rings is 1. The molecule has 138 valence electrons. The average Bonchev–Trinajstić information content (AvgIpc) is 2.92. The maximum atomic E-state index is 12.0. The van der Waals surface area contributed by atoms with Crippen molar-refractivity contribution in [3.8, 4) is 0 Å². The van der Waals surface area contributed by atoms with Crippen LogP contribution in [0.15, 0.2) is 0 Å². The van der Waals surface area contributed by atoms with Crippen LogP contribution in [0.3, 0.4) is 0 Å². The van der Waals surface area contributed by atoms with Gasteiger partial charge in [-0.15, -0.1) is 11.3 Å². The molecule has 0 aromatic carbocycles. The van der Waals surface area contributed by atoms with Gasteiger partial charge in [0.25, 0.3) is 5.91 Å². The molecule has 4 N–H and O–H groups in total. The van der Waals surface area contributed by atoms with Crippen molar-refractivity contribution in [1.82, 2.24) is 5.32 Å². The topological polar surface area (TPSA) is 84.2 Å². The number of primary amides is 1. The molecule has 0 saturated carbocycles. The average molecular weight is 382 g/mol. The van der Waals surface area contributed by atoms with Gasteiger partial charge in [-0.3, -0.25) is 9.59 Å². The highest BCUT2D eigenvalue weighted by Gasteiger charge is 2.24. The van der Waals surface area contributed by atoms with Crippen LogP contribution in [0, 0.1) is 0 Å². The summed E-state index contributed by atoms with van der Waals surface area (Å²) in [5, 5.41) is 6.61. The lowest BCUT2D eigenvalue weighted by molar-refractivity contribution is -0.119. The van der Waals surface area contributed by atoms with Crippen LogP contribution in [0.4, 0.5) is 5.00 Å². The Bertz CT molecular complexity index is 641. The van der Waals surface area contributed by atoms with Crippen molar-refractivity contribution in [2.24, 2.45) is 5.73 Å². The third kappa shape index (κ3) is 5.78. The lowest BCUT2D eigenvalue weighted by atomic mass is 9.95. The van der Waals surface area contributed by atoms with Crippen LogP contribution < -0.4 is 16.4 Å². The molecular weight excluding hydrogens is 354 g/mol. The number of carbonyl (C=O) groups is 2. The third-order valence-electron chi connectivity index (χ3n) is 4.41. The normalized spacial score (nSPS) is 13.2. The minimum absolute atomic E-state index is 0.0871. The van der Waals surface area contributed by atoms with Gasteiger partial charge in [0.1, 0.15) is 5.00 Å². The van der Waals surface area contributed by atoms with Crippen LogP contribution >= 0.6 is 23.6 Å². The van der Waals surface area contributed by atoms with Crippen LogP contribution in [0.2, 0.25) is 0 Å². The molecule has 0 fully saturated rings. The van der Waals surface area contributed by atoms with Gasteiger partial charge in [-0.1, -0.05) is 32.6 Å². The van der Waals surface area contributed by atoms with Crippen molar-refractivity contribution in [3.05, 3.63) is 16.0 Å². The summed E-state index contributed by atoms with van der Waals surface area (Å²) in [5.41, 5.74) is 7.15. The number of rotatable bonds is 8. The summed E-state index contributed by atoms with van der Waals surface area (Å²) >= 11 is 6.75. The molecule has 25 heavy (non-hydrogen) atoms. The molecule has 0 radical (unpaired) electrons. The van der Waals surface area contributed by atoms with Crippen molar-refractivity contribution < 1.29 is 9.59 Å². The molecule has 0 saturated heterocycles. The zero-order valence-electron chi connectivity index (χ0n) is 14.8. The SMILES string of the molecule is CCCCCCCC(=O)NC(=S)Nc1sc2c(c1C(N)=O)CCCC2. The highest BCUT2D eigenvalue weighted by atomic mass is 32.1. The van der Waals surface area contributed by atoms with E-state index in [0.717, 1.165) is 50.5 Å². The minimum Gasteiger partial charge on any atom is -0.365 e. The fourth-order valence-corrected chi connectivity index (χ4v) is 4.71. The number of nitrogens with two attached hydrogens (primary N) is 1. The quantitative estimate of drug-likeness (QED) is 0.471. The molecule has 1 aliphatic carbocycles. The van der Waals surface area contributed by atoms with Gasteiger partial charge in [0.05, 0.1) is 5.56 Å². The van der Waals surface area contributed by atoms with E-state index in [2.05, 4.69) is 17.6 Å². The first-order valence-electron chi connectivity index (χ1n) is 9.08. The number of amides is 2. The zero-order chi connectivity index (χ0) is 18.2. The second kappa shape index (κ2) is 9.87. The van der Waals surface area contributed by atoms with E-state index >= 15 is 0 Å². The van der Waals surface area contributed by atoms with Gasteiger partial charge in [0, 0.05) is 11.3 Å². The number of thiocarbonyl (C=S) groups is 1. The van der Waals surface area contributed by atoms with Gasteiger partial charge in [-0.25, -0.2) is 0 Å². The molecule has 2 rings (SSSR count). The molecule has 0 aliphatic heterocycles. The molecule has 0 bridgehead atoms. The first-order chi connectivity index (χ1) is 12.0. The summed E-state index contributed by atoms with van der Waals surface area (Å²) in [6.07, 6.45) is 10.0. The summed E-state index contributed by atoms with van der Waals surface area (Å²) in [5.74, 6) is -0.525. The van der Waals surface area contributed by atoms with E-state index < -0.39 is 5.91 Å². The summed E-state index contributed by atoms with van der Waals surface area (Å²) in [4.78, 5) is 25.0. The Hall–Kier alpha value is -1.47. The predicted molar refractivity (Wildman–Crippen MR) is 107 cm³/mol. The van der Waals surface area contributed by atoms with Gasteiger partial charge >= 0.3 is 0 Å². The number of carbonyl (C=O) groups excluding carboxylic acids is 2. The molecule has 7 heteroatoms. The van der Waals surface area contributed by atoms with Crippen molar-refractivity contribution in [2.75, 3.05) is 5.32 Å². The molecule has 2 amide bonds. The Kier molecular flexibility index (Phi) is 7.84. The maximum Gasteiger partial charge on any atom is 0.251 e. The highest BCUT2D eigenvalue weighted by molar-refractivity contribution is 7.80. The van der Waals surface area contributed by atoms with Gasteiger partial charge in [0.2, 0.25) is 5.91 Å². The van der Waals surface area contributed by atoms with Crippen molar-refractivity contribution in [1.29, 1.82) is 0 Å². The zero-order valence-corrected chi connectivity index (χ0v) is 16.4. The minimum atomic E-state index is -0.438. The van der Waals surface area contributed by atoms with Crippen LogP contribution in [-0.4, -0.2) is 16.9 Å². The largest absolute Gasteiger partial charge is 0.365 e. The standard InChI is InChI=1S/C18H27N3O2S2/c1-2-3-4-5-6-11-14(22)20-18(24)21-17-15(16(19)23)12-9-7-8-10-13(12)25-17/h2-11H2,1H3,(H2,19,23)(H2,20,21,22,24). The number of hydrogen-bond acceptors (Lipinski definition) is 4. The molecule has 0 atom stereocenters.